The lowest BCUT2D eigenvalue weighted by atomic mass is 9.89. The molecule has 0 spiro atoms. The van der Waals surface area contributed by atoms with Gasteiger partial charge in [-0.25, -0.2) is 4.98 Å². The van der Waals surface area contributed by atoms with Gasteiger partial charge in [0.2, 0.25) is 5.75 Å². The molecule has 1 aliphatic rings. The fourth-order valence-corrected chi connectivity index (χ4v) is 5.53. The summed E-state index contributed by atoms with van der Waals surface area (Å²) in [7, 11) is 0. The highest BCUT2D eigenvalue weighted by atomic mass is 32.1. The van der Waals surface area contributed by atoms with E-state index in [1.54, 1.807) is 35.6 Å². The minimum atomic E-state index is -0.734. The van der Waals surface area contributed by atoms with E-state index in [-0.39, 0.29) is 11.3 Å². The Morgan fingerprint density at radius 2 is 1.88 bits per heavy atom. The normalized spacial score (nSPS) is 15.1. The second-order valence-electron chi connectivity index (χ2n) is 8.24. The average molecular weight is 478 g/mol. The molecule has 0 bridgehead atoms. The number of fused-ring (bicyclic) bond motifs is 3. The number of hydrogen-bond donors (Lipinski definition) is 1. The van der Waals surface area contributed by atoms with Crippen LogP contribution >= 0.6 is 11.3 Å². The van der Waals surface area contributed by atoms with Gasteiger partial charge in [-0.3, -0.25) is 25.0 Å². The van der Waals surface area contributed by atoms with E-state index >= 15 is 0 Å². The average Bonchev–Trinajstić information content (AvgIpc) is 3.17. The molecule has 11 heteroatoms. The van der Waals surface area contributed by atoms with Crippen LogP contribution in [0.3, 0.4) is 0 Å². The number of thiophene rings is 1. The van der Waals surface area contributed by atoms with Gasteiger partial charge >= 0.3 is 5.69 Å². The molecule has 1 unspecified atom stereocenters. The van der Waals surface area contributed by atoms with Gasteiger partial charge in [0, 0.05) is 16.5 Å². The number of nitrogens with zero attached hydrogens (tertiary/aromatic N) is 3. The number of aromatic nitrogens is 2. The molecule has 2 heterocycles. The van der Waals surface area contributed by atoms with Crippen molar-refractivity contribution in [1.82, 2.24) is 9.97 Å². The number of hydrogen-bond acceptors (Lipinski definition) is 8. The first-order chi connectivity index (χ1) is 16.3. The molecule has 0 fully saturated rings. The lowest BCUT2D eigenvalue weighted by molar-refractivity contribution is -0.394. The first-order valence-electron chi connectivity index (χ1n) is 10.6. The molecule has 0 saturated carbocycles. The number of aromatic amines is 1. The number of rotatable bonds is 5. The minimum Gasteiger partial charge on any atom is -0.450 e. The van der Waals surface area contributed by atoms with Crippen molar-refractivity contribution in [2.45, 2.75) is 26.2 Å². The number of aryl methyl sites for hydroxylation is 1. The van der Waals surface area contributed by atoms with Crippen molar-refractivity contribution in [3.63, 3.8) is 0 Å². The highest BCUT2D eigenvalue weighted by Gasteiger charge is 2.24. The molecule has 172 valence electrons. The Morgan fingerprint density at radius 1 is 1.12 bits per heavy atom. The van der Waals surface area contributed by atoms with Crippen LogP contribution in [0.25, 0.3) is 21.6 Å². The van der Waals surface area contributed by atoms with Gasteiger partial charge < -0.3 is 9.72 Å². The molecule has 5 rings (SSSR count). The molecule has 10 nitrogen and oxygen atoms in total. The molecule has 1 atom stereocenters. The second kappa shape index (κ2) is 8.34. The Hall–Kier alpha value is -4.12. The van der Waals surface area contributed by atoms with Crippen LogP contribution in [-0.4, -0.2) is 19.8 Å². The number of nitro groups is 2. The number of nitrogens with one attached hydrogen (secondary N) is 1. The molecule has 0 aliphatic heterocycles. The number of H-pyrrole nitrogens is 1. The van der Waals surface area contributed by atoms with Crippen LogP contribution in [0, 0.1) is 26.1 Å². The first kappa shape index (κ1) is 21.7. The van der Waals surface area contributed by atoms with Crippen LogP contribution in [0.15, 0.2) is 47.3 Å². The second-order valence-corrected chi connectivity index (χ2v) is 9.32. The lowest BCUT2D eigenvalue weighted by Crippen LogP contribution is -2.13. The van der Waals surface area contributed by atoms with Gasteiger partial charge in [-0.05, 0) is 61.1 Å². The maximum Gasteiger partial charge on any atom is 0.318 e. The Kier molecular flexibility index (Phi) is 5.33. The Labute approximate surface area is 196 Å². The summed E-state index contributed by atoms with van der Waals surface area (Å²) < 4.78 is 5.60. The summed E-state index contributed by atoms with van der Waals surface area (Å²) >= 11 is 1.57. The molecular weight excluding hydrogens is 460 g/mol. The summed E-state index contributed by atoms with van der Waals surface area (Å²) in [6.07, 6.45) is 2.92. The Bertz CT molecular complexity index is 1510. The van der Waals surface area contributed by atoms with Crippen molar-refractivity contribution in [3.05, 3.63) is 83.5 Å². The van der Waals surface area contributed by atoms with E-state index in [0.29, 0.717) is 28.4 Å². The van der Waals surface area contributed by atoms with E-state index in [4.69, 9.17) is 4.74 Å². The zero-order valence-electron chi connectivity index (χ0n) is 17.9. The summed E-state index contributed by atoms with van der Waals surface area (Å²) in [6.45, 7) is 2.21. The van der Waals surface area contributed by atoms with Crippen molar-refractivity contribution in [2.24, 2.45) is 5.92 Å². The van der Waals surface area contributed by atoms with Crippen LogP contribution in [0.1, 0.15) is 23.8 Å². The van der Waals surface area contributed by atoms with Crippen LogP contribution in [-0.2, 0) is 12.8 Å². The summed E-state index contributed by atoms with van der Waals surface area (Å²) in [5, 5.41) is 22.9. The van der Waals surface area contributed by atoms with E-state index in [2.05, 4.69) is 16.9 Å². The number of ether oxygens (including phenoxy) is 1. The monoisotopic (exact) mass is 478 g/mol. The molecule has 0 amide bonds. The van der Waals surface area contributed by atoms with Crippen molar-refractivity contribution >= 4 is 32.9 Å². The van der Waals surface area contributed by atoms with Crippen molar-refractivity contribution in [1.29, 1.82) is 0 Å². The zero-order chi connectivity index (χ0) is 24.0. The third kappa shape index (κ3) is 3.90. The van der Waals surface area contributed by atoms with Crippen LogP contribution in [0.4, 0.5) is 11.4 Å². The Morgan fingerprint density at radius 3 is 2.59 bits per heavy atom. The highest BCUT2D eigenvalue weighted by Crippen LogP contribution is 2.37. The summed E-state index contributed by atoms with van der Waals surface area (Å²) in [5.74, 6) is 1.20. The predicted molar refractivity (Wildman–Crippen MR) is 127 cm³/mol. The lowest BCUT2D eigenvalue weighted by Gasteiger charge is -2.17. The third-order valence-corrected chi connectivity index (χ3v) is 7.02. The molecule has 2 aromatic heterocycles. The standard InChI is InChI=1S/C23H18N4O6S/c1-12-2-8-16-19(10-12)34-23-20(16)22(28)24-21(25-23)13-3-6-15(7-4-13)33-18-9-5-14(26(29)30)11-17(18)27(31)32/h3-7,9,11-12H,2,8,10H2,1H3,(H,24,25,28). The summed E-state index contributed by atoms with van der Waals surface area (Å²) in [4.78, 5) is 43.1. The fraction of sp³-hybridized carbons (Fsp3) is 0.217. The SMILES string of the molecule is CC1CCc2c(sc3nc(-c4ccc(Oc5ccc([N+](=O)[O-])cc5[N+](=O)[O-])cc4)[nH]c(=O)c23)C1. The number of nitro benzene ring substituents is 2. The molecule has 4 aromatic rings. The third-order valence-electron chi connectivity index (χ3n) is 5.87. The molecule has 2 aromatic carbocycles. The molecule has 1 aliphatic carbocycles. The fourth-order valence-electron chi connectivity index (χ4n) is 4.14. The van der Waals surface area contributed by atoms with Crippen molar-refractivity contribution in [3.8, 4) is 22.9 Å². The van der Waals surface area contributed by atoms with E-state index in [9.17, 15) is 25.0 Å². The van der Waals surface area contributed by atoms with Crippen LogP contribution in [0.2, 0.25) is 0 Å². The largest absolute Gasteiger partial charge is 0.450 e. The number of non-ortho nitro benzene ring substituents is 1. The molecule has 1 N–H and O–H groups in total. The van der Waals surface area contributed by atoms with E-state index < -0.39 is 21.2 Å². The van der Waals surface area contributed by atoms with Crippen molar-refractivity contribution in [2.75, 3.05) is 0 Å². The minimum absolute atomic E-state index is 0.116. The van der Waals surface area contributed by atoms with Crippen molar-refractivity contribution < 1.29 is 14.6 Å². The molecule has 0 saturated heterocycles. The molecular formula is C23H18N4O6S. The zero-order valence-corrected chi connectivity index (χ0v) is 18.8. The van der Waals surface area contributed by atoms with E-state index in [0.717, 1.165) is 41.8 Å². The van der Waals surface area contributed by atoms with Gasteiger partial charge in [-0.1, -0.05) is 6.92 Å². The van der Waals surface area contributed by atoms with Gasteiger partial charge in [-0.15, -0.1) is 11.3 Å². The number of benzene rings is 2. The summed E-state index contributed by atoms with van der Waals surface area (Å²) in [5.41, 5.74) is 0.709. The van der Waals surface area contributed by atoms with Crippen LogP contribution < -0.4 is 10.3 Å². The molecule has 34 heavy (non-hydrogen) atoms. The maximum absolute atomic E-state index is 12.8. The quantitative estimate of drug-likeness (QED) is 0.299. The van der Waals surface area contributed by atoms with Gasteiger partial charge in [-0.2, -0.15) is 0 Å². The van der Waals surface area contributed by atoms with Gasteiger partial charge in [0.25, 0.3) is 11.2 Å². The van der Waals surface area contributed by atoms with E-state index in [1.807, 2.05) is 0 Å². The maximum atomic E-state index is 12.8. The van der Waals surface area contributed by atoms with Gasteiger partial charge in [0.05, 0.1) is 21.3 Å². The van der Waals surface area contributed by atoms with Gasteiger partial charge in [0.15, 0.2) is 0 Å². The highest BCUT2D eigenvalue weighted by molar-refractivity contribution is 7.18. The summed E-state index contributed by atoms with van der Waals surface area (Å²) in [6, 6.07) is 9.74. The van der Waals surface area contributed by atoms with E-state index in [1.165, 1.54) is 10.9 Å². The van der Waals surface area contributed by atoms with Gasteiger partial charge in [0.1, 0.15) is 16.4 Å². The first-order valence-corrected chi connectivity index (χ1v) is 11.4. The smallest absolute Gasteiger partial charge is 0.318 e. The topological polar surface area (TPSA) is 141 Å². The predicted octanol–water partition coefficient (Wildman–Crippen LogP) is 5.39. The van der Waals surface area contributed by atoms with Crippen LogP contribution in [0.5, 0.6) is 11.5 Å². The molecule has 0 radical (unpaired) electrons. The Balaban J connectivity index is 1.44.